The number of anilines is 1. The molecule has 0 radical (unpaired) electrons. The number of ketones is 1. The van der Waals surface area contributed by atoms with Crippen LogP contribution in [0.2, 0.25) is 5.02 Å². The maximum atomic E-state index is 13.7. The minimum Gasteiger partial charge on any atom is -0.497 e. The summed E-state index contributed by atoms with van der Waals surface area (Å²) in [5, 5.41) is 14.1. The summed E-state index contributed by atoms with van der Waals surface area (Å²) in [6.07, 6.45) is -0.391. The maximum absolute atomic E-state index is 13.7. The van der Waals surface area contributed by atoms with Gasteiger partial charge in [-0.2, -0.15) is 0 Å². The van der Waals surface area contributed by atoms with E-state index in [2.05, 4.69) is 0 Å². The second kappa shape index (κ2) is 8.60. The zero-order chi connectivity index (χ0) is 23.9. The van der Waals surface area contributed by atoms with Gasteiger partial charge in [0.25, 0.3) is 5.91 Å². The molecule has 5 rings (SSSR count). The summed E-state index contributed by atoms with van der Waals surface area (Å²) in [6, 6.07) is 25.4. The molecular formula is C28H22ClNO4. The van der Waals surface area contributed by atoms with Gasteiger partial charge in [0.2, 0.25) is 0 Å². The summed E-state index contributed by atoms with van der Waals surface area (Å²) in [6.45, 7) is 0.258. The zero-order valence-electron chi connectivity index (χ0n) is 18.5. The van der Waals surface area contributed by atoms with Crippen LogP contribution in [0.5, 0.6) is 5.75 Å². The Morgan fingerprint density at radius 2 is 1.74 bits per heavy atom. The van der Waals surface area contributed by atoms with Crippen molar-refractivity contribution in [3.05, 3.63) is 107 Å². The van der Waals surface area contributed by atoms with Crippen LogP contribution in [0.4, 0.5) is 5.69 Å². The number of fused-ring (bicyclic) bond motifs is 2. The highest BCUT2D eigenvalue weighted by molar-refractivity contribution is 6.31. The van der Waals surface area contributed by atoms with Gasteiger partial charge in [-0.1, -0.05) is 54.1 Å². The molecule has 0 aromatic heterocycles. The van der Waals surface area contributed by atoms with Crippen molar-refractivity contribution >= 4 is 39.8 Å². The van der Waals surface area contributed by atoms with Crippen LogP contribution in [0, 0.1) is 0 Å². The van der Waals surface area contributed by atoms with Crippen molar-refractivity contribution in [3.63, 3.8) is 0 Å². The van der Waals surface area contributed by atoms with Gasteiger partial charge >= 0.3 is 0 Å². The minimum absolute atomic E-state index is 0.258. The molecule has 5 nitrogen and oxygen atoms in total. The molecule has 6 heteroatoms. The fraction of sp³-hybridized carbons (Fsp3) is 0.143. The van der Waals surface area contributed by atoms with Gasteiger partial charge in [-0.25, -0.2) is 0 Å². The second-order valence-electron chi connectivity index (χ2n) is 8.38. The number of hydrogen-bond acceptors (Lipinski definition) is 4. The molecule has 1 heterocycles. The molecule has 170 valence electrons. The largest absolute Gasteiger partial charge is 0.497 e. The molecule has 0 spiro atoms. The molecule has 1 amide bonds. The predicted molar refractivity (Wildman–Crippen MR) is 132 cm³/mol. The topological polar surface area (TPSA) is 66.8 Å². The Bertz CT molecular complexity index is 1410. The van der Waals surface area contributed by atoms with Gasteiger partial charge in [-0.3, -0.25) is 9.59 Å². The number of aliphatic hydroxyl groups is 1. The van der Waals surface area contributed by atoms with E-state index in [4.69, 9.17) is 16.3 Å². The Morgan fingerprint density at radius 1 is 1.00 bits per heavy atom. The van der Waals surface area contributed by atoms with Gasteiger partial charge in [-0.05, 0) is 58.8 Å². The number of ether oxygens (including phenoxy) is 1. The van der Waals surface area contributed by atoms with Crippen molar-refractivity contribution in [2.75, 3.05) is 12.0 Å². The molecule has 1 N–H and O–H groups in total. The van der Waals surface area contributed by atoms with Crippen LogP contribution in [0.1, 0.15) is 27.9 Å². The number of rotatable bonds is 6. The zero-order valence-corrected chi connectivity index (χ0v) is 19.3. The van der Waals surface area contributed by atoms with Crippen LogP contribution < -0.4 is 9.64 Å². The summed E-state index contributed by atoms with van der Waals surface area (Å²) in [4.78, 5) is 28.3. The van der Waals surface area contributed by atoms with Crippen molar-refractivity contribution in [2.24, 2.45) is 0 Å². The molecule has 1 unspecified atom stereocenters. The van der Waals surface area contributed by atoms with Crippen LogP contribution in [-0.4, -0.2) is 23.9 Å². The third kappa shape index (κ3) is 3.73. The van der Waals surface area contributed by atoms with E-state index in [1.54, 1.807) is 49.6 Å². The monoisotopic (exact) mass is 471 g/mol. The minimum atomic E-state index is -2.01. The first-order valence-corrected chi connectivity index (χ1v) is 11.3. The molecule has 4 aromatic carbocycles. The summed E-state index contributed by atoms with van der Waals surface area (Å²) in [7, 11) is 1.54. The Balaban J connectivity index is 1.52. The van der Waals surface area contributed by atoms with E-state index in [9.17, 15) is 14.7 Å². The highest BCUT2D eigenvalue weighted by Gasteiger charge is 2.51. The molecule has 0 saturated carbocycles. The molecule has 0 fully saturated rings. The first-order valence-electron chi connectivity index (χ1n) is 10.9. The first kappa shape index (κ1) is 22.1. The van der Waals surface area contributed by atoms with E-state index in [0.717, 1.165) is 16.3 Å². The molecule has 0 bridgehead atoms. The average Bonchev–Trinajstić information content (AvgIpc) is 3.05. The van der Waals surface area contributed by atoms with Gasteiger partial charge in [0.15, 0.2) is 11.4 Å². The number of carbonyl (C=O) groups excluding carboxylic acids is 2. The summed E-state index contributed by atoms with van der Waals surface area (Å²) in [5.41, 5.74) is 0.206. The Labute approximate surface area is 202 Å². The lowest BCUT2D eigenvalue weighted by molar-refractivity contribution is -0.136. The van der Waals surface area contributed by atoms with Gasteiger partial charge in [0.05, 0.1) is 25.8 Å². The smallest absolute Gasteiger partial charge is 0.264 e. The maximum Gasteiger partial charge on any atom is 0.264 e. The summed E-state index contributed by atoms with van der Waals surface area (Å²) in [5.74, 6) is -0.276. The van der Waals surface area contributed by atoms with Crippen molar-refractivity contribution < 1.29 is 19.4 Å². The highest BCUT2D eigenvalue weighted by atomic mass is 35.5. The fourth-order valence-electron chi connectivity index (χ4n) is 4.56. The van der Waals surface area contributed by atoms with Gasteiger partial charge < -0.3 is 14.7 Å². The average molecular weight is 472 g/mol. The molecule has 34 heavy (non-hydrogen) atoms. The van der Waals surface area contributed by atoms with Crippen LogP contribution in [0.25, 0.3) is 10.8 Å². The lowest BCUT2D eigenvalue weighted by Crippen LogP contribution is -2.41. The molecule has 1 aliphatic rings. The summed E-state index contributed by atoms with van der Waals surface area (Å²) >= 11 is 6.23. The third-order valence-electron chi connectivity index (χ3n) is 6.33. The fourth-order valence-corrected chi connectivity index (χ4v) is 4.73. The van der Waals surface area contributed by atoms with Gasteiger partial charge in [0, 0.05) is 16.1 Å². The molecule has 1 atom stereocenters. The third-order valence-corrected chi connectivity index (χ3v) is 6.57. The quantitative estimate of drug-likeness (QED) is 0.376. The lowest BCUT2D eigenvalue weighted by atomic mass is 9.88. The van der Waals surface area contributed by atoms with Crippen molar-refractivity contribution in [1.29, 1.82) is 0 Å². The highest BCUT2D eigenvalue weighted by Crippen LogP contribution is 2.45. The molecular weight excluding hydrogens is 450 g/mol. The molecule has 0 aliphatic carbocycles. The standard InChI is InChI=1S/C28H22ClNO4/c1-34-22-12-9-19(10-13-22)26(31)16-28(33)24-15-21(29)11-14-25(24)30(27(28)32)17-20-7-4-6-18-5-2-3-8-23(18)20/h2-15,33H,16-17H2,1H3. The number of hydrogen-bond donors (Lipinski definition) is 1. The van der Waals surface area contributed by atoms with Crippen LogP contribution >= 0.6 is 11.6 Å². The van der Waals surface area contributed by atoms with E-state index in [1.165, 1.54) is 4.90 Å². The van der Waals surface area contributed by atoms with Gasteiger partial charge in [0.1, 0.15) is 5.75 Å². The van der Waals surface area contributed by atoms with Crippen molar-refractivity contribution in [2.45, 2.75) is 18.6 Å². The first-order chi connectivity index (χ1) is 16.4. The Hall–Kier alpha value is -3.67. The number of benzene rings is 4. The van der Waals surface area contributed by atoms with Gasteiger partial charge in [-0.15, -0.1) is 0 Å². The number of carbonyl (C=O) groups is 2. The number of nitrogens with zero attached hydrogens (tertiary/aromatic N) is 1. The predicted octanol–water partition coefficient (Wildman–Crippen LogP) is 5.51. The SMILES string of the molecule is COc1ccc(C(=O)CC2(O)C(=O)N(Cc3cccc4ccccc34)c3ccc(Cl)cc32)cc1. The number of Topliss-reactive ketones (excluding diaryl/α,β-unsaturated/α-hetero) is 1. The Kier molecular flexibility index (Phi) is 5.60. The van der Waals surface area contributed by atoms with Crippen LogP contribution in [0.3, 0.4) is 0 Å². The number of amides is 1. The van der Waals surface area contributed by atoms with Crippen molar-refractivity contribution in [1.82, 2.24) is 0 Å². The van der Waals surface area contributed by atoms with Crippen LogP contribution in [0.15, 0.2) is 84.9 Å². The van der Waals surface area contributed by atoms with E-state index in [1.807, 2.05) is 42.5 Å². The normalized spacial score (nSPS) is 17.1. The van der Waals surface area contributed by atoms with E-state index < -0.39 is 17.9 Å². The lowest BCUT2D eigenvalue weighted by Gasteiger charge is -2.23. The van der Waals surface area contributed by atoms with E-state index >= 15 is 0 Å². The van der Waals surface area contributed by atoms with Crippen LogP contribution in [-0.2, 0) is 16.9 Å². The van der Waals surface area contributed by atoms with E-state index in [0.29, 0.717) is 27.6 Å². The molecule has 0 saturated heterocycles. The van der Waals surface area contributed by atoms with Crippen molar-refractivity contribution in [3.8, 4) is 5.75 Å². The number of methoxy groups -OCH3 is 1. The number of halogens is 1. The Morgan fingerprint density at radius 3 is 2.50 bits per heavy atom. The second-order valence-corrected chi connectivity index (χ2v) is 8.82. The van der Waals surface area contributed by atoms with E-state index in [-0.39, 0.29) is 12.3 Å². The molecule has 4 aromatic rings. The summed E-state index contributed by atoms with van der Waals surface area (Å²) < 4.78 is 5.14. The molecule has 1 aliphatic heterocycles.